The fourth-order valence-electron chi connectivity index (χ4n) is 2.44. The van der Waals surface area contributed by atoms with Gasteiger partial charge in [0.05, 0.1) is 0 Å². The smallest absolute Gasteiger partial charge is 0.147 e. The lowest BCUT2D eigenvalue weighted by Crippen LogP contribution is -2.03. The van der Waals surface area contributed by atoms with Crippen LogP contribution in [0, 0.1) is 5.82 Å². The molecule has 19 heavy (non-hydrogen) atoms. The maximum Gasteiger partial charge on any atom is 0.147 e. The third-order valence-corrected chi connectivity index (χ3v) is 5.83. The van der Waals surface area contributed by atoms with Crippen molar-refractivity contribution < 1.29 is 12.8 Å². The van der Waals surface area contributed by atoms with Gasteiger partial charge in [0, 0.05) is 17.3 Å². The topological polar surface area (TPSA) is 34.1 Å². The highest BCUT2D eigenvalue weighted by Crippen LogP contribution is 2.42. The third kappa shape index (κ3) is 4.21. The minimum atomic E-state index is -2.84. The number of thioether (sulfide) groups is 1. The monoisotopic (exact) mass is 302 g/mol. The van der Waals surface area contributed by atoms with Crippen LogP contribution in [-0.2, 0) is 16.3 Å². The van der Waals surface area contributed by atoms with Gasteiger partial charge in [-0.05, 0) is 48.6 Å². The van der Waals surface area contributed by atoms with E-state index in [0.29, 0.717) is 11.7 Å². The van der Waals surface area contributed by atoms with E-state index < -0.39 is 9.84 Å². The second kappa shape index (κ2) is 6.27. The van der Waals surface area contributed by atoms with Gasteiger partial charge in [-0.3, -0.25) is 0 Å². The Kier molecular flexibility index (Phi) is 4.90. The zero-order chi connectivity index (χ0) is 13.9. The standard InChI is InChI=1S/C14H19FO2S2/c1-19(16,17)10-3-2-9-18-14-8-7-11-12(14)5-4-6-13(11)15/h4-6,14H,2-3,7-10H2,1H3. The lowest BCUT2D eigenvalue weighted by atomic mass is 10.1. The molecule has 0 fully saturated rings. The van der Waals surface area contributed by atoms with Gasteiger partial charge in [0.1, 0.15) is 15.7 Å². The van der Waals surface area contributed by atoms with Gasteiger partial charge in [0.25, 0.3) is 0 Å². The highest BCUT2D eigenvalue weighted by atomic mass is 32.2. The summed E-state index contributed by atoms with van der Waals surface area (Å²) in [5.41, 5.74) is 2.00. The molecule has 1 aromatic rings. The molecule has 0 saturated carbocycles. The molecule has 1 aliphatic carbocycles. The zero-order valence-electron chi connectivity index (χ0n) is 11.1. The van der Waals surface area contributed by atoms with E-state index in [1.54, 1.807) is 6.07 Å². The first kappa shape index (κ1) is 14.9. The van der Waals surface area contributed by atoms with E-state index in [4.69, 9.17) is 0 Å². The highest BCUT2D eigenvalue weighted by Gasteiger charge is 2.24. The molecule has 0 N–H and O–H groups in total. The van der Waals surface area contributed by atoms with Crippen LogP contribution < -0.4 is 0 Å². The van der Waals surface area contributed by atoms with Gasteiger partial charge in [0.2, 0.25) is 0 Å². The highest BCUT2D eigenvalue weighted by molar-refractivity contribution is 7.99. The number of halogens is 1. The molecule has 1 unspecified atom stereocenters. The fourth-order valence-corrected chi connectivity index (χ4v) is 4.51. The van der Waals surface area contributed by atoms with Crippen LogP contribution in [0.4, 0.5) is 4.39 Å². The molecule has 2 nitrogen and oxygen atoms in total. The van der Waals surface area contributed by atoms with Crippen LogP contribution in [0.5, 0.6) is 0 Å². The van der Waals surface area contributed by atoms with Crippen molar-refractivity contribution in [2.24, 2.45) is 0 Å². The number of fused-ring (bicyclic) bond motifs is 1. The summed E-state index contributed by atoms with van der Waals surface area (Å²) >= 11 is 1.82. The van der Waals surface area contributed by atoms with E-state index in [1.807, 2.05) is 17.8 Å². The number of rotatable bonds is 6. The van der Waals surface area contributed by atoms with Crippen LogP contribution in [0.1, 0.15) is 35.6 Å². The average molecular weight is 302 g/mol. The minimum Gasteiger partial charge on any atom is -0.229 e. The predicted octanol–water partition coefficient (Wildman–Crippen LogP) is 3.37. The van der Waals surface area contributed by atoms with E-state index in [1.165, 1.54) is 12.3 Å². The van der Waals surface area contributed by atoms with Gasteiger partial charge in [0.15, 0.2) is 0 Å². The molecule has 5 heteroatoms. The molecule has 0 radical (unpaired) electrons. The molecule has 1 aliphatic rings. The van der Waals surface area contributed by atoms with Crippen molar-refractivity contribution in [1.82, 2.24) is 0 Å². The lowest BCUT2D eigenvalue weighted by Gasteiger charge is -2.11. The van der Waals surface area contributed by atoms with E-state index in [-0.39, 0.29) is 11.6 Å². The van der Waals surface area contributed by atoms with E-state index in [0.717, 1.165) is 36.1 Å². The Balaban J connectivity index is 1.79. The first-order valence-corrected chi connectivity index (χ1v) is 9.65. The van der Waals surface area contributed by atoms with Crippen molar-refractivity contribution in [3.05, 3.63) is 35.1 Å². The summed E-state index contributed by atoms with van der Waals surface area (Å²) in [6.45, 7) is 0. The van der Waals surface area contributed by atoms with Crippen LogP contribution in [0.15, 0.2) is 18.2 Å². The normalized spacial score (nSPS) is 18.5. The predicted molar refractivity (Wildman–Crippen MR) is 78.9 cm³/mol. The van der Waals surface area contributed by atoms with Crippen molar-refractivity contribution in [3.8, 4) is 0 Å². The van der Waals surface area contributed by atoms with Gasteiger partial charge in [-0.1, -0.05) is 12.1 Å². The fraction of sp³-hybridized carbons (Fsp3) is 0.571. The molecular weight excluding hydrogens is 283 g/mol. The Bertz CT molecular complexity index is 540. The Labute approximate surface area is 118 Å². The van der Waals surface area contributed by atoms with Crippen LogP contribution in [-0.4, -0.2) is 26.2 Å². The largest absolute Gasteiger partial charge is 0.229 e. The van der Waals surface area contributed by atoms with E-state index in [9.17, 15) is 12.8 Å². The molecule has 0 bridgehead atoms. The molecule has 0 amide bonds. The average Bonchev–Trinajstić information content (AvgIpc) is 2.72. The SMILES string of the molecule is CS(=O)(=O)CCCCSC1CCc2c(F)cccc21. The van der Waals surface area contributed by atoms with Crippen molar-refractivity contribution in [2.45, 2.75) is 30.9 Å². The van der Waals surface area contributed by atoms with Crippen molar-refractivity contribution in [3.63, 3.8) is 0 Å². The van der Waals surface area contributed by atoms with Crippen molar-refractivity contribution >= 4 is 21.6 Å². The number of hydrogen-bond acceptors (Lipinski definition) is 3. The molecular formula is C14H19FO2S2. The van der Waals surface area contributed by atoms with Crippen molar-refractivity contribution in [2.75, 3.05) is 17.8 Å². The second-order valence-corrected chi connectivity index (χ2v) is 8.61. The minimum absolute atomic E-state index is 0.0855. The first-order chi connectivity index (χ1) is 8.97. The Morgan fingerprint density at radius 1 is 1.37 bits per heavy atom. The third-order valence-electron chi connectivity index (χ3n) is 3.39. The number of unbranched alkanes of at least 4 members (excludes halogenated alkanes) is 1. The van der Waals surface area contributed by atoms with Gasteiger partial charge < -0.3 is 0 Å². The molecule has 0 heterocycles. The summed E-state index contributed by atoms with van der Waals surface area (Å²) in [6, 6.07) is 5.31. The maximum absolute atomic E-state index is 13.6. The Morgan fingerprint density at radius 3 is 2.89 bits per heavy atom. The second-order valence-electron chi connectivity index (χ2n) is 5.04. The number of hydrogen-bond donors (Lipinski definition) is 0. The summed E-state index contributed by atoms with van der Waals surface area (Å²) in [6.07, 6.45) is 4.71. The lowest BCUT2D eigenvalue weighted by molar-refractivity contribution is 0.598. The zero-order valence-corrected chi connectivity index (χ0v) is 12.7. The number of benzene rings is 1. The van der Waals surface area contributed by atoms with Gasteiger partial charge in [-0.2, -0.15) is 11.8 Å². The molecule has 0 saturated heterocycles. The van der Waals surface area contributed by atoms with Gasteiger partial charge >= 0.3 is 0 Å². The number of sulfone groups is 1. The summed E-state index contributed by atoms with van der Waals surface area (Å²) in [4.78, 5) is 0. The summed E-state index contributed by atoms with van der Waals surface area (Å²) in [5.74, 6) is 1.12. The summed E-state index contributed by atoms with van der Waals surface area (Å²) in [7, 11) is -2.84. The van der Waals surface area contributed by atoms with Crippen LogP contribution in [0.3, 0.4) is 0 Å². The van der Waals surface area contributed by atoms with Crippen LogP contribution in [0.2, 0.25) is 0 Å². The molecule has 1 atom stereocenters. The summed E-state index contributed by atoms with van der Waals surface area (Å²) in [5, 5.41) is 0.379. The van der Waals surface area contributed by atoms with E-state index in [2.05, 4.69) is 0 Å². The maximum atomic E-state index is 13.6. The van der Waals surface area contributed by atoms with E-state index >= 15 is 0 Å². The van der Waals surface area contributed by atoms with Gasteiger partial charge in [-0.25, -0.2) is 12.8 Å². The summed E-state index contributed by atoms with van der Waals surface area (Å²) < 4.78 is 35.6. The van der Waals surface area contributed by atoms with Crippen LogP contribution >= 0.6 is 11.8 Å². The molecule has 0 aliphatic heterocycles. The van der Waals surface area contributed by atoms with Crippen molar-refractivity contribution in [1.29, 1.82) is 0 Å². The Morgan fingerprint density at radius 2 is 2.16 bits per heavy atom. The molecule has 0 spiro atoms. The van der Waals surface area contributed by atoms with Gasteiger partial charge in [-0.15, -0.1) is 0 Å². The molecule has 106 valence electrons. The first-order valence-electron chi connectivity index (χ1n) is 6.54. The van der Waals surface area contributed by atoms with Crippen LogP contribution in [0.25, 0.3) is 0 Å². The molecule has 2 rings (SSSR count). The molecule has 1 aromatic carbocycles. The molecule has 0 aromatic heterocycles. The quantitative estimate of drug-likeness (QED) is 0.756. The Hall–Kier alpha value is -0.550.